The topological polar surface area (TPSA) is 93.9 Å². The van der Waals surface area contributed by atoms with Crippen molar-refractivity contribution >= 4 is 17.4 Å². The Bertz CT molecular complexity index is 549. The van der Waals surface area contributed by atoms with E-state index >= 15 is 0 Å². The fraction of sp³-hybridized carbons (Fsp3) is 0.462. The van der Waals surface area contributed by atoms with Crippen LogP contribution < -0.4 is 5.32 Å². The SMILES string of the molecule is COC1CN(C(=O)Nc2cccc([N+](=O)[O-])c2C)CCO1. The quantitative estimate of drug-likeness (QED) is 0.677. The van der Waals surface area contributed by atoms with Crippen LogP contribution in [0.4, 0.5) is 16.2 Å². The number of nitrogens with zero attached hydrogens (tertiary/aromatic N) is 2. The smallest absolute Gasteiger partial charge is 0.322 e. The van der Waals surface area contributed by atoms with E-state index in [9.17, 15) is 14.9 Å². The first-order valence-electron chi connectivity index (χ1n) is 6.47. The van der Waals surface area contributed by atoms with Crippen LogP contribution in [0.5, 0.6) is 0 Å². The highest BCUT2D eigenvalue weighted by atomic mass is 16.7. The van der Waals surface area contributed by atoms with E-state index in [2.05, 4.69) is 5.32 Å². The lowest BCUT2D eigenvalue weighted by molar-refractivity contribution is -0.385. The largest absolute Gasteiger partial charge is 0.354 e. The molecule has 1 aromatic rings. The Kier molecular flexibility index (Phi) is 4.71. The molecular formula is C13H17N3O5. The monoisotopic (exact) mass is 295 g/mol. The summed E-state index contributed by atoms with van der Waals surface area (Å²) >= 11 is 0. The molecule has 8 heteroatoms. The summed E-state index contributed by atoms with van der Waals surface area (Å²) in [6, 6.07) is 4.25. The van der Waals surface area contributed by atoms with Gasteiger partial charge in [-0.25, -0.2) is 4.79 Å². The van der Waals surface area contributed by atoms with E-state index in [1.807, 2.05) is 0 Å². The fourth-order valence-electron chi connectivity index (χ4n) is 2.10. The Balaban J connectivity index is 2.09. The Morgan fingerprint density at radius 1 is 1.57 bits per heavy atom. The number of rotatable bonds is 3. The number of carbonyl (C=O) groups is 1. The highest BCUT2D eigenvalue weighted by molar-refractivity contribution is 5.90. The zero-order valence-electron chi connectivity index (χ0n) is 11.9. The second-order valence-electron chi connectivity index (χ2n) is 4.62. The minimum absolute atomic E-state index is 0.0236. The number of benzene rings is 1. The highest BCUT2D eigenvalue weighted by Gasteiger charge is 2.25. The number of morpholine rings is 1. The van der Waals surface area contributed by atoms with Crippen LogP contribution in [0, 0.1) is 17.0 Å². The van der Waals surface area contributed by atoms with Crippen molar-refractivity contribution in [2.75, 3.05) is 32.1 Å². The minimum atomic E-state index is -0.472. The number of nitrogens with one attached hydrogen (secondary N) is 1. The van der Waals surface area contributed by atoms with E-state index < -0.39 is 11.2 Å². The third-order valence-electron chi connectivity index (χ3n) is 3.33. The summed E-state index contributed by atoms with van der Waals surface area (Å²) in [7, 11) is 1.51. The number of anilines is 1. The molecule has 2 amide bonds. The molecule has 0 radical (unpaired) electrons. The molecule has 1 atom stereocenters. The maximum absolute atomic E-state index is 12.2. The Morgan fingerprint density at radius 3 is 3.00 bits per heavy atom. The number of hydrogen-bond donors (Lipinski definition) is 1. The molecule has 21 heavy (non-hydrogen) atoms. The van der Waals surface area contributed by atoms with Gasteiger partial charge in [-0.3, -0.25) is 10.1 Å². The van der Waals surface area contributed by atoms with Crippen LogP contribution in [0.15, 0.2) is 18.2 Å². The summed E-state index contributed by atoms with van der Waals surface area (Å²) in [5.41, 5.74) is 0.826. The Labute approximate surface area is 121 Å². The van der Waals surface area contributed by atoms with E-state index in [0.29, 0.717) is 30.9 Å². The Morgan fingerprint density at radius 2 is 2.33 bits per heavy atom. The molecule has 2 rings (SSSR count). The average molecular weight is 295 g/mol. The summed E-state index contributed by atoms with van der Waals surface area (Å²) in [6.07, 6.45) is -0.448. The molecule has 8 nitrogen and oxygen atoms in total. The number of nitro groups is 1. The molecule has 1 unspecified atom stereocenters. The normalized spacial score (nSPS) is 18.4. The van der Waals surface area contributed by atoms with Gasteiger partial charge in [-0.05, 0) is 13.0 Å². The number of methoxy groups -OCH3 is 1. The number of ether oxygens (including phenoxy) is 2. The summed E-state index contributed by atoms with van der Waals surface area (Å²) < 4.78 is 10.4. The van der Waals surface area contributed by atoms with Gasteiger partial charge in [0, 0.05) is 19.7 Å². The van der Waals surface area contributed by atoms with Gasteiger partial charge in [0.05, 0.1) is 29.3 Å². The molecule has 0 bridgehead atoms. The van der Waals surface area contributed by atoms with Crippen molar-refractivity contribution in [3.8, 4) is 0 Å². The average Bonchev–Trinajstić information content (AvgIpc) is 2.49. The molecule has 0 saturated carbocycles. The van der Waals surface area contributed by atoms with Gasteiger partial charge in [-0.15, -0.1) is 0 Å². The third-order valence-corrected chi connectivity index (χ3v) is 3.33. The predicted molar refractivity (Wildman–Crippen MR) is 75.2 cm³/mol. The lowest BCUT2D eigenvalue weighted by Gasteiger charge is -2.32. The highest BCUT2D eigenvalue weighted by Crippen LogP contribution is 2.25. The molecule has 1 aliphatic heterocycles. The molecule has 114 valence electrons. The molecule has 1 aromatic carbocycles. The van der Waals surface area contributed by atoms with Crippen molar-refractivity contribution in [2.24, 2.45) is 0 Å². The number of nitro benzene ring substituents is 1. The summed E-state index contributed by atoms with van der Waals surface area (Å²) in [4.78, 5) is 24.2. The van der Waals surface area contributed by atoms with Crippen LogP contribution in [0.1, 0.15) is 5.56 Å². The van der Waals surface area contributed by atoms with Crippen molar-refractivity contribution in [3.05, 3.63) is 33.9 Å². The molecule has 0 aromatic heterocycles. The molecule has 1 heterocycles. The van der Waals surface area contributed by atoms with E-state index in [-0.39, 0.29) is 11.7 Å². The molecule has 1 saturated heterocycles. The molecule has 1 N–H and O–H groups in total. The summed E-state index contributed by atoms with van der Waals surface area (Å²) in [5.74, 6) is 0. The summed E-state index contributed by atoms with van der Waals surface area (Å²) in [5, 5.41) is 13.6. The Hall–Kier alpha value is -2.19. The fourth-order valence-corrected chi connectivity index (χ4v) is 2.10. The van der Waals surface area contributed by atoms with E-state index in [0.717, 1.165) is 0 Å². The molecular weight excluding hydrogens is 278 g/mol. The lowest BCUT2D eigenvalue weighted by Crippen LogP contribution is -2.47. The van der Waals surface area contributed by atoms with Crippen molar-refractivity contribution in [2.45, 2.75) is 13.2 Å². The van der Waals surface area contributed by atoms with E-state index in [1.54, 1.807) is 17.9 Å². The maximum Gasteiger partial charge on any atom is 0.322 e. The van der Waals surface area contributed by atoms with Gasteiger partial charge in [0.15, 0.2) is 6.29 Å². The van der Waals surface area contributed by atoms with Crippen molar-refractivity contribution in [1.82, 2.24) is 4.90 Å². The second-order valence-corrected chi connectivity index (χ2v) is 4.62. The van der Waals surface area contributed by atoms with Gasteiger partial charge in [0.25, 0.3) is 5.69 Å². The second kappa shape index (κ2) is 6.51. The molecule has 1 fully saturated rings. The number of amides is 2. The van der Waals surface area contributed by atoms with Crippen LogP contribution in [0.25, 0.3) is 0 Å². The number of hydrogen-bond acceptors (Lipinski definition) is 5. The zero-order chi connectivity index (χ0) is 15.4. The van der Waals surface area contributed by atoms with E-state index in [1.165, 1.54) is 19.2 Å². The van der Waals surface area contributed by atoms with Crippen LogP contribution in [0.3, 0.4) is 0 Å². The lowest BCUT2D eigenvalue weighted by atomic mass is 10.1. The molecule has 1 aliphatic rings. The van der Waals surface area contributed by atoms with E-state index in [4.69, 9.17) is 9.47 Å². The van der Waals surface area contributed by atoms with Crippen LogP contribution in [-0.2, 0) is 9.47 Å². The number of urea groups is 1. The maximum atomic E-state index is 12.2. The molecule has 0 aliphatic carbocycles. The first kappa shape index (κ1) is 15.2. The summed E-state index contributed by atoms with van der Waals surface area (Å²) in [6.45, 7) is 2.75. The van der Waals surface area contributed by atoms with Gasteiger partial charge >= 0.3 is 6.03 Å². The van der Waals surface area contributed by atoms with Crippen LogP contribution in [0.2, 0.25) is 0 Å². The van der Waals surface area contributed by atoms with Crippen LogP contribution in [-0.4, -0.2) is 49.0 Å². The minimum Gasteiger partial charge on any atom is -0.354 e. The predicted octanol–water partition coefficient (Wildman–Crippen LogP) is 1.74. The van der Waals surface area contributed by atoms with Gasteiger partial charge in [-0.1, -0.05) is 6.07 Å². The number of carbonyl (C=O) groups excluding carboxylic acids is 1. The van der Waals surface area contributed by atoms with Crippen molar-refractivity contribution < 1.29 is 19.2 Å². The van der Waals surface area contributed by atoms with Gasteiger partial charge in [0.1, 0.15) is 0 Å². The van der Waals surface area contributed by atoms with Gasteiger partial charge in [-0.2, -0.15) is 0 Å². The first-order chi connectivity index (χ1) is 10.0. The van der Waals surface area contributed by atoms with Gasteiger partial charge < -0.3 is 19.7 Å². The third kappa shape index (κ3) is 3.47. The van der Waals surface area contributed by atoms with Gasteiger partial charge in [0.2, 0.25) is 0 Å². The first-order valence-corrected chi connectivity index (χ1v) is 6.47. The van der Waals surface area contributed by atoms with Crippen molar-refractivity contribution in [1.29, 1.82) is 0 Å². The zero-order valence-corrected chi connectivity index (χ0v) is 11.9. The molecule has 0 spiro atoms. The standard InChI is InChI=1S/C13H17N3O5/c1-9-10(4-3-5-11(9)16(18)19)14-13(17)15-6-7-21-12(8-15)20-2/h3-5,12H,6-8H2,1-2H3,(H,14,17). The van der Waals surface area contributed by atoms with Crippen molar-refractivity contribution in [3.63, 3.8) is 0 Å². The van der Waals surface area contributed by atoms with Crippen LogP contribution >= 0.6 is 0 Å².